The van der Waals surface area contributed by atoms with Crippen LogP contribution in [0.5, 0.6) is 5.75 Å². The van der Waals surface area contributed by atoms with E-state index >= 15 is 0 Å². The lowest BCUT2D eigenvalue weighted by Gasteiger charge is -2.29. The van der Waals surface area contributed by atoms with E-state index in [2.05, 4.69) is 21.2 Å². The van der Waals surface area contributed by atoms with E-state index in [1.54, 1.807) is 6.07 Å². The van der Waals surface area contributed by atoms with Gasteiger partial charge in [-0.2, -0.15) is 0 Å². The summed E-state index contributed by atoms with van der Waals surface area (Å²) in [4.78, 5) is 0. The smallest absolute Gasteiger partial charge is 0.144 e. The van der Waals surface area contributed by atoms with E-state index in [-0.39, 0.29) is 11.8 Å². The molecule has 0 saturated carbocycles. The van der Waals surface area contributed by atoms with Crippen LogP contribution in [0.15, 0.2) is 16.6 Å². The van der Waals surface area contributed by atoms with Crippen molar-refractivity contribution in [1.29, 1.82) is 0 Å². The van der Waals surface area contributed by atoms with Crippen LogP contribution in [-0.4, -0.2) is 11.7 Å². The maximum Gasteiger partial charge on any atom is 0.144 e. The van der Waals surface area contributed by atoms with Crippen LogP contribution in [0.25, 0.3) is 0 Å². The van der Waals surface area contributed by atoms with Crippen LogP contribution in [0.2, 0.25) is 0 Å². The molecule has 1 aromatic carbocycles. The number of halogens is 1. The molecule has 1 atom stereocenters. The minimum Gasteiger partial charge on any atom is -0.505 e. The van der Waals surface area contributed by atoms with Gasteiger partial charge in [-0.15, -0.1) is 0 Å². The minimum absolute atomic E-state index is 0.201. The molecule has 4 N–H and O–H groups in total. The van der Waals surface area contributed by atoms with E-state index in [1.807, 2.05) is 6.07 Å². The van der Waals surface area contributed by atoms with Crippen molar-refractivity contribution < 1.29 is 5.11 Å². The zero-order valence-corrected chi connectivity index (χ0v) is 8.63. The maximum absolute atomic E-state index is 9.72. The number of phenolic OH excluding ortho intramolecular Hbond substituents is 1. The first-order valence-electron chi connectivity index (χ1n) is 4.20. The highest BCUT2D eigenvalue weighted by Crippen LogP contribution is 2.39. The topological polar surface area (TPSA) is 58.3 Å². The van der Waals surface area contributed by atoms with E-state index < -0.39 is 0 Å². The number of anilines is 1. The fraction of sp³-hybridized carbons (Fsp3) is 0.333. The quantitative estimate of drug-likeness (QED) is 0.520. The molecule has 4 heteroatoms. The van der Waals surface area contributed by atoms with Crippen molar-refractivity contribution >= 4 is 21.6 Å². The molecule has 1 fully saturated rings. The molecule has 0 spiro atoms. The molecule has 0 aromatic heterocycles. The number of benzene rings is 1. The summed E-state index contributed by atoms with van der Waals surface area (Å²) in [6, 6.07) is 3.81. The number of phenols is 1. The molecule has 3 nitrogen and oxygen atoms in total. The van der Waals surface area contributed by atoms with Gasteiger partial charge in [0.1, 0.15) is 5.75 Å². The Balaban J connectivity index is 2.46. The molecular formula is C9H11BrN2O. The molecule has 0 radical (unpaired) electrons. The van der Waals surface area contributed by atoms with E-state index in [0.717, 1.165) is 23.0 Å². The van der Waals surface area contributed by atoms with Crippen molar-refractivity contribution in [3.8, 4) is 5.75 Å². The van der Waals surface area contributed by atoms with Gasteiger partial charge < -0.3 is 16.2 Å². The number of nitrogens with one attached hydrogen (secondary N) is 1. The summed E-state index contributed by atoms with van der Waals surface area (Å²) in [5, 5.41) is 12.9. The Hall–Kier alpha value is -0.740. The summed E-state index contributed by atoms with van der Waals surface area (Å²) in [6.07, 6.45) is 1.05. The Morgan fingerprint density at radius 1 is 1.54 bits per heavy atom. The molecule has 13 heavy (non-hydrogen) atoms. The van der Waals surface area contributed by atoms with Gasteiger partial charge in [-0.1, -0.05) is 15.9 Å². The Morgan fingerprint density at radius 3 is 2.77 bits per heavy atom. The van der Waals surface area contributed by atoms with Gasteiger partial charge in [-0.05, 0) is 25.1 Å². The third-order valence-electron chi connectivity index (χ3n) is 2.37. The van der Waals surface area contributed by atoms with Gasteiger partial charge in [0.15, 0.2) is 0 Å². The largest absolute Gasteiger partial charge is 0.505 e. The fourth-order valence-corrected chi connectivity index (χ4v) is 2.06. The minimum atomic E-state index is 0.201. The van der Waals surface area contributed by atoms with Gasteiger partial charge in [-0.3, -0.25) is 0 Å². The molecule has 70 valence electrons. The van der Waals surface area contributed by atoms with Crippen LogP contribution in [0.3, 0.4) is 0 Å². The highest BCUT2D eigenvalue weighted by molar-refractivity contribution is 9.10. The summed E-state index contributed by atoms with van der Waals surface area (Å²) in [7, 11) is 0. The van der Waals surface area contributed by atoms with Crippen molar-refractivity contribution in [2.45, 2.75) is 12.5 Å². The number of nitrogen functional groups attached to an aromatic ring is 1. The van der Waals surface area contributed by atoms with Crippen molar-refractivity contribution in [1.82, 2.24) is 5.32 Å². The molecule has 2 rings (SSSR count). The van der Waals surface area contributed by atoms with Crippen molar-refractivity contribution in [2.75, 3.05) is 12.3 Å². The van der Waals surface area contributed by atoms with Crippen LogP contribution >= 0.6 is 15.9 Å². The Kier molecular flexibility index (Phi) is 2.17. The number of nitrogens with two attached hydrogens (primary N) is 1. The summed E-state index contributed by atoms with van der Waals surface area (Å²) >= 11 is 3.40. The number of aromatic hydroxyl groups is 1. The first kappa shape index (κ1) is 8.84. The Bertz CT molecular complexity index is 337. The lowest BCUT2D eigenvalue weighted by atomic mass is 9.96. The third-order valence-corrected chi connectivity index (χ3v) is 3.06. The second-order valence-electron chi connectivity index (χ2n) is 3.19. The second kappa shape index (κ2) is 3.20. The van der Waals surface area contributed by atoms with E-state index in [0.29, 0.717) is 5.69 Å². The van der Waals surface area contributed by atoms with Crippen LogP contribution < -0.4 is 11.1 Å². The fourth-order valence-electron chi connectivity index (χ4n) is 1.47. The van der Waals surface area contributed by atoms with Gasteiger partial charge in [0.2, 0.25) is 0 Å². The van der Waals surface area contributed by atoms with Gasteiger partial charge in [0.25, 0.3) is 0 Å². The first-order valence-corrected chi connectivity index (χ1v) is 4.99. The summed E-state index contributed by atoms with van der Waals surface area (Å²) < 4.78 is 0.913. The summed E-state index contributed by atoms with van der Waals surface area (Å²) in [5.74, 6) is 0.201. The third kappa shape index (κ3) is 1.40. The van der Waals surface area contributed by atoms with Crippen LogP contribution in [0.1, 0.15) is 18.0 Å². The molecule has 1 aliphatic heterocycles. The SMILES string of the molecule is Nc1ccc(Br)c([C@@H]2CCN2)c1O. The maximum atomic E-state index is 9.72. The highest BCUT2D eigenvalue weighted by atomic mass is 79.9. The molecule has 0 unspecified atom stereocenters. The van der Waals surface area contributed by atoms with Crippen molar-refractivity contribution in [3.05, 3.63) is 22.2 Å². The van der Waals surface area contributed by atoms with Gasteiger partial charge in [0.05, 0.1) is 5.69 Å². The van der Waals surface area contributed by atoms with Crippen molar-refractivity contribution in [3.63, 3.8) is 0 Å². The first-order chi connectivity index (χ1) is 6.20. The molecule has 1 saturated heterocycles. The van der Waals surface area contributed by atoms with E-state index in [4.69, 9.17) is 5.73 Å². The predicted octanol–water partition coefficient (Wildman–Crippen LogP) is 1.77. The van der Waals surface area contributed by atoms with Gasteiger partial charge in [-0.25, -0.2) is 0 Å². The standard InChI is InChI=1S/C9H11BrN2O/c10-5-1-2-6(11)9(13)8(5)7-3-4-12-7/h1-2,7,12-13H,3-4,11H2/t7-/m0/s1. The molecule has 1 aliphatic rings. The lowest BCUT2D eigenvalue weighted by Crippen LogP contribution is -2.35. The number of hydrogen-bond donors (Lipinski definition) is 3. The average Bonchev–Trinajstić information content (AvgIpc) is 2.02. The van der Waals surface area contributed by atoms with Crippen LogP contribution in [0.4, 0.5) is 5.69 Å². The average molecular weight is 243 g/mol. The van der Waals surface area contributed by atoms with Gasteiger partial charge in [0, 0.05) is 16.1 Å². The van der Waals surface area contributed by atoms with E-state index in [9.17, 15) is 5.11 Å². The highest BCUT2D eigenvalue weighted by Gasteiger charge is 2.24. The molecule has 0 aliphatic carbocycles. The summed E-state index contributed by atoms with van der Waals surface area (Å²) in [6.45, 7) is 1.01. The second-order valence-corrected chi connectivity index (χ2v) is 4.05. The molecule has 0 amide bonds. The van der Waals surface area contributed by atoms with E-state index in [1.165, 1.54) is 0 Å². The lowest BCUT2D eigenvalue weighted by molar-refractivity contribution is 0.364. The van der Waals surface area contributed by atoms with Gasteiger partial charge >= 0.3 is 0 Å². The van der Waals surface area contributed by atoms with Crippen LogP contribution in [0, 0.1) is 0 Å². The number of hydrogen-bond acceptors (Lipinski definition) is 3. The van der Waals surface area contributed by atoms with Crippen molar-refractivity contribution in [2.24, 2.45) is 0 Å². The zero-order valence-electron chi connectivity index (χ0n) is 7.05. The number of rotatable bonds is 1. The molecule has 1 heterocycles. The summed E-state index contributed by atoms with van der Waals surface area (Å²) in [5.41, 5.74) is 6.93. The molecule has 1 aromatic rings. The van der Waals surface area contributed by atoms with Crippen LogP contribution in [-0.2, 0) is 0 Å². The zero-order chi connectivity index (χ0) is 9.42. The normalized spacial score (nSPS) is 21.2. The Morgan fingerprint density at radius 2 is 2.23 bits per heavy atom. The monoisotopic (exact) mass is 242 g/mol. The predicted molar refractivity (Wildman–Crippen MR) is 55.6 cm³/mol. The molecular weight excluding hydrogens is 232 g/mol. The Labute approximate surface area is 85.1 Å². The molecule has 0 bridgehead atoms.